The molecule has 5 heteroatoms. The van der Waals surface area contributed by atoms with Crippen molar-refractivity contribution in [1.82, 2.24) is 9.97 Å². The third-order valence-corrected chi connectivity index (χ3v) is 2.10. The van der Waals surface area contributed by atoms with Crippen LogP contribution >= 0.6 is 0 Å². The van der Waals surface area contributed by atoms with Crippen molar-refractivity contribution in [3.05, 3.63) is 18.1 Å². The molecule has 1 N–H and O–H groups in total. The number of anilines is 1. The van der Waals surface area contributed by atoms with E-state index in [0.717, 1.165) is 17.3 Å². The monoisotopic (exact) mass is 220 g/mol. The molecule has 1 aliphatic heterocycles. The van der Waals surface area contributed by atoms with Gasteiger partial charge in [-0.15, -0.1) is 0 Å². The molecule has 0 spiro atoms. The lowest BCUT2D eigenvalue weighted by Crippen LogP contribution is -2.29. The van der Waals surface area contributed by atoms with Crippen molar-refractivity contribution in [3.63, 3.8) is 0 Å². The Morgan fingerprint density at radius 1 is 1.31 bits per heavy atom. The van der Waals surface area contributed by atoms with Gasteiger partial charge in [-0.1, -0.05) is 0 Å². The first kappa shape index (κ1) is 11.0. The smallest absolute Gasteiger partial charge is 0.155 e. The Balaban J connectivity index is 1.99. The summed E-state index contributed by atoms with van der Waals surface area (Å²) in [5.41, 5.74) is 0.717. The number of rotatable bonds is 2. The van der Waals surface area contributed by atoms with E-state index in [4.69, 9.17) is 4.74 Å². The number of amidine groups is 1. The van der Waals surface area contributed by atoms with Crippen molar-refractivity contribution in [3.8, 4) is 0 Å². The fourth-order valence-corrected chi connectivity index (χ4v) is 1.30. The zero-order chi connectivity index (χ0) is 11.6. The van der Waals surface area contributed by atoms with Gasteiger partial charge >= 0.3 is 0 Å². The molecule has 0 saturated carbocycles. The van der Waals surface area contributed by atoms with E-state index >= 15 is 0 Å². The first-order chi connectivity index (χ1) is 7.54. The predicted molar refractivity (Wildman–Crippen MR) is 62.5 cm³/mol. The second-order valence-electron chi connectivity index (χ2n) is 4.64. The summed E-state index contributed by atoms with van der Waals surface area (Å²) in [6.45, 7) is 7.09. The second-order valence-corrected chi connectivity index (χ2v) is 4.64. The zero-order valence-corrected chi connectivity index (χ0v) is 9.82. The maximum Gasteiger partial charge on any atom is 0.155 e. The van der Waals surface area contributed by atoms with E-state index in [2.05, 4.69) is 20.3 Å². The van der Waals surface area contributed by atoms with E-state index in [9.17, 15) is 0 Å². The average Bonchev–Trinajstić information content (AvgIpc) is 2.25. The molecule has 0 radical (unpaired) electrons. The van der Waals surface area contributed by atoms with Crippen molar-refractivity contribution in [1.29, 1.82) is 0 Å². The molecule has 0 saturated heterocycles. The Kier molecular flexibility index (Phi) is 2.87. The molecule has 0 bridgehead atoms. The number of hydrogen-bond donors (Lipinski definition) is 1. The average molecular weight is 220 g/mol. The molecule has 5 nitrogen and oxygen atoms in total. The minimum Gasteiger partial charge on any atom is -0.368 e. The van der Waals surface area contributed by atoms with Crippen LogP contribution in [0.2, 0.25) is 0 Å². The van der Waals surface area contributed by atoms with E-state index in [0.29, 0.717) is 13.2 Å². The molecule has 1 aromatic heterocycles. The Labute approximate surface area is 95.0 Å². The van der Waals surface area contributed by atoms with Gasteiger partial charge in [-0.25, -0.2) is 4.98 Å². The summed E-state index contributed by atoms with van der Waals surface area (Å²) in [4.78, 5) is 12.7. The largest absolute Gasteiger partial charge is 0.368 e. The Morgan fingerprint density at radius 2 is 2.06 bits per heavy atom. The first-order valence-electron chi connectivity index (χ1n) is 5.29. The third-order valence-electron chi connectivity index (χ3n) is 2.10. The number of nitrogens with zero attached hydrogens (tertiary/aromatic N) is 3. The van der Waals surface area contributed by atoms with E-state index in [1.54, 1.807) is 12.4 Å². The second kappa shape index (κ2) is 4.17. The first-order valence-corrected chi connectivity index (χ1v) is 5.29. The molecule has 2 heterocycles. The molecule has 0 aliphatic carbocycles. The highest BCUT2D eigenvalue weighted by atomic mass is 16.5. The highest BCUT2D eigenvalue weighted by molar-refractivity contribution is 5.97. The molecule has 1 aliphatic rings. The van der Waals surface area contributed by atoms with Gasteiger partial charge in [-0.05, 0) is 20.8 Å². The molecule has 0 atom stereocenters. The Bertz CT molecular complexity index is 409. The molecule has 86 valence electrons. The molecule has 2 rings (SSSR count). The summed E-state index contributed by atoms with van der Waals surface area (Å²) in [5.74, 6) is 1.59. The minimum absolute atomic E-state index is 0.160. The van der Waals surface area contributed by atoms with Crippen molar-refractivity contribution >= 4 is 11.7 Å². The van der Waals surface area contributed by atoms with E-state index in [1.165, 1.54) is 0 Å². The lowest BCUT2D eigenvalue weighted by Gasteiger charge is -2.22. The van der Waals surface area contributed by atoms with Crippen molar-refractivity contribution in [2.75, 3.05) is 11.9 Å². The van der Waals surface area contributed by atoms with Gasteiger partial charge in [0.25, 0.3) is 0 Å². The lowest BCUT2D eigenvalue weighted by molar-refractivity contribution is 0.0212. The van der Waals surface area contributed by atoms with Gasteiger partial charge in [-0.2, -0.15) is 0 Å². The van der Waals surface area contributed by atoms with Gasteiger partial charge < -0.3 is 10.1 Å². The fourth-order valence-electron chi connectivity index (χ4n) is 1.30. The molecular formula is C11H16N4O. The van der Waals surface area contributed by atoms with Crippen molar-refractivity contribution in [2.24, 2.45) is 4.99 Å². The zero-order valence-electron chi connectivity index (χ0n) is 9.82. The van der Waals surface area contributed by atoms with E-state index in [-0.39, 0.29) is 5.60 Å². The van der Waals surface area contributed by atoms with Gasteiger partial charge in [0.05, 0.1) is 12.1 Å². The number of aromatic nitrogens is 2. The quantitative estimate of drug-likeness (QED) is 0.822. The normalized spacial score (nSPS) is 15.1. The molecular weight excluding hydrogens is 204 g/mol. The minimum atomic E-state index is -0.160. The highest BCUT2D eigenvalue weighted by Gasteiger charge is 2.16. The summed E-state index contributed by atoms with van der Waals surface area (Å²) in [6, 6.07) is 0. The Hall–Kier alpha value is -1.49. The summed E-state index contributed by atoms with van der Waals surface area (Å²) < 4.78 is 5.64. The molecule has 16 heavy (non-hydrogen) atoms. The molecule has 0 unspecified atom stereocenters. The van der Waals surface area contributed by atoms with Crippen LogP contribution in [0.1, 0.15) is 26.5 Å². The van der Waals surface area contributed by atoms with Gasteiger partial charge in [-0.3, -0.25) is 9.98 Å². The maximum absolute atomic E-state index is 5.64. The van der Waals surface area contributed by atoms with E-state index in [1.807, 2.05) is 20.8 Å². The third kappa shape index (κ3) is 2.76. The van der Waals surface area contributed by atoms with Crippen LogP contribution in [0.25, 0.3) is 0 Å². The number of hydrogen-bond acceptors (Lipinski definition) is 5. The summed E-state index contributed by atoms with van der Waals surface area (Å²) in [5, 5.41) is 3.12. The molecule has 0 amide bonds. The van der Waals surface area contributed by atoms with Gasteiger partial charge in [0, 0.05) is 12.4 Å². The number of nitrogens with one attached hydrogen (secondary N) is 1. The summed E-state index contributed by atoms with van der Waals surface area (Å²) in [7, 11) is 0. The van der Waals surface area contributed by atoms with Crippen LogP contribution in [0.3, 0.4) is 0 Å². The SMILES string of the molecule is CC(C)(C)OCC1=NCc2nccnc2N1. The fraction of sp³-hybridized carbons (Fsp3) is 0.545. The lowest BCUT2D eigenvalue weighted by atomic mass is 10.2. The van der Waals surface area contributed by atoms with E-state index < -0.39 is 0 Å². The number of fused-ring (bicyclic) bond motifs is 1. The van der Waals surface area contributed by atoms with Crippen LogP contribution in [0.15, 0.2) is 17.4 Å². The molecule has 1 aromatic rings. The maximum atomic E-state index is 5.64. The van der Waals surface area contributed by atoms with Crippen LogP contribution in [0.4, 0.5) is 5.82 Å². The van der Waals surface area contributed by atoms with Gasteiger partial charge in [0.2, 0.25) is 0 Å². The van der Waals surface area contributed by atoms with Crippen LogP contribution in [0, 0.1) is 0 Å². The summed E-state index contributed by atoms with van der Waals surface area (Å²) >= 11 is 0. The summed E-state index contributed by atoms with van der Waals surface area (Å²) in [6.07, 6.45) is 3.34. The number of aliphatic imine (C=N–C) groups is 1. The Morgan fingerprint density at radius 3 is 2.81 bits per heavy atom. The topological polar surface area (TPSA) is 59.4 Å². The van der Waals surface area contributed by atoms with Crippen LogP contribution in [0.5, 0.6) is 0 Å². The van der Waals surface area contributed by atoms with Crippen molar-refractivity contribution in [2.45, 2.75) is 32.9 Å². The van der Waals surface area contributed by atoms with Crippen LogP contribution in [-0.2, 0) is 11.3 Å². The van der Waals surface area contributed by atoms with Gasteiger partial charge in [0.1, 0.15) is 18.1 Å². The predicted octanol–water partition coefficient (Wildman–Crippen LogP) is 1.62. The highest BCUT2D eigenvalue weighted by Crippen LogP contribution is 2.15. The van der Waals surface area contributed by atoms with Crippen molar-refractivity contribution < 1.29 is 4.74 Å². The molecule has 0 fully saturated rings. The number of ether oxygens (including phenoxy) is 1. The van der Waals surface area contributed by atoms with Gasteiger partial charge in [0.15, 0.2) is 5.82 Å². The van der Waals surface area contributed by atoms with Crippen LogP contribution in [-0.4, -0.2) is 28.0 Å². The standard InChI is InChI=1S/C11H16N4O/c1-11(2,3)16-7-9-14-6-8-10(15-9)13-5-4-12-8/h4-5H,6-7H2,1-3H3,(H,13,14,15). The van der Waals surface area contributed by atoms with Crippen LogP contribution < -0.4 is 5.32 Å². The molecule has 0 aromatic carbocycles.